The number of amides is 3. The molecular formula is C27H34F2N8O3. The number of hydrogen-bond donors (Lipinski definition) is 2. The molecule has 0 radical (unpaired) electrons. The minimum Gasteiger partial charge on any atom is -0.342 e. The van der Waals surface area contributed by atoms with Gasteiger partial charge in [0, 0.05) is 19.4 Å². The predicted molar refractivity (Wildman–Crippen MR) is 138 cm³/mol. The molecule has 2 saturated carbocycles. The van der Waals surface area contributed by atoms with Crippen LogP contribution in [0.25, 0.3) is 5.65 Å². The fourth-order valence-corrected chi connectivity index (χ4v) is 6.02. The number of alkyl halides is 2. The van der Waals surface area contributed by atoms with Gasteiger partial charge in [-0.25, -0.2) is 27.7 Å². The first-order valence-electron chi connectivity index (χ1n) is 14.0. The van der Waals surface area contributed by atoms with E-state index in [0.717, 1.165) is 18.4 Å². The van der Waals surface area contributed by atoms with Gasteiger partial charge < -0.3 is 15.5 Å². The summed E-state index contributed by atoms with van der Waals surface area (Å²) in [5.41, 5.74) is 2.39. The highest BCUT2D eigenvalue weighted by Crippen LogP contribution is 2.46. The summed E-state index contributed by atoms with van der Waals surface area (Å²) >= 11 is 0. The summed E-state index contributed by atoms with van der Waals surface area (Å²) < 4.78 is 34.3. The molecule has 0 spiro atoms. The number of nitrogens with zero attached hydrogens (tertiary/aromatic N) is 6. The molecule has 3 fully saturated rings. The Balaban J connectivity index is 1.30. The third-order valence-corrected chi connectivity index (χ3v) is 8.58. The van der Waals surface area contributed by atoms with Crippen LogP contribution < -0.4 is 10.6 Å². The number of rotatable bonds is 8. The van der Waals surface area contributed by atoms with Crippen LogP contribution >= 0.6 is 0 Å². The quantitative estimate of drug-likeness (QED) is 0.425. The maximum absolute atomic E-state index is 14.0. The smallest absolute Gasteiger partial charge is 0.318 e. The van der Waals surface area contributed by atoms with E-state index in [-0.39, 0.29) is 55.4 Å². The van der Waals surface area contributed by atoms with Gasteiger partial charge in [0.1, 0.15) is 5.69 Å². The van der Waals surface area contributed by atoms with Gasteiger partial charge in [0.05, 0.1) is 36.2 Å². The number of fused-ring (bicyclic) bond motifs is 1. The van der Waals surface area contributed by atoms with E-state index in [0.29, 0.717) is 35.4 Å². The number of urea groups is 1. The molecule has 1 saturated heterocycles. The molecule has 6 rings (SSSR count). The lowest BCUT2D eigenvalue weighted by atomic mass is 9.81. The van der Waals surface area contributed by atoms with Gasteiger partial charge in [0.2, 0.25) is 5.92 Å². The Morgan fingerprint density at radius 3 is 2.55 bits per heavy atom. The van der Waals surface area contributed by atoms with E-state index in [9.17, 15) is 18.4 Å². The molecule has 11 nitrogen and oxygen atoms in total. The van der Waals surface area contributed by atoms with Crippen molar-refractivity contribution >= 4 is 17.6 Å². The van der Waals surface area contributed by atoms with Gasteiger partial charge in [-0.05, 0) is 67.1 Å². The molecule has 1 unspecified atom stereocenters. The van der Waals surface area contributed by atoms with Gasteiger partial charge in [-0.15, -0.1) is 0 Å². The Morgan fingerprint density at radius 2 is 1.93 bits per heavy atom. The number of halogens is 2. The third kappa shape index (κ3) is 5.13. The summed E-state index contributed by atoms with van der Waals surface area (Å²) in [5, 5.41) is 18.0. The van der Waals surface area contributed by atoms with Crippen LogP contribution in [0.2, 0.25) is 0 Å². The van der Waals surface area contributed by atoms with E-state index in [2.05, 4.69) is 44.5 Å². The van der Waals surface area contributed by atoms with Crippen molar-refractivity contribution in [2.24, 2.45) is 17.8 Å². The molecule has 4 heterocycles. The minimum absolute atomic E-state index is 0.0474. The molecule has 0 aromatic carbocycles. The average Bonchev–Trinajstić information content (AvgIpc) is 3.30. The van der Waals surface area contributed by atoms with Crippen molar-refractivity contribution < 1.29 is 23.0 Å². The summed E-state index contributed by atoms with van der Waals surface area (Å²) in [7, 11) is 0. The number of imidazole rings is 1. The molecule has 3 aromatic rings. The van der Waals surface area contributed by atoms with Crippen LogP contribution in [0.4, 0.5) is 13.6 Å². The molecule has 2 N–H and O–H groups in total. The van der Waals surface area contributed by atoms with Crippen LogP contribution in [0.3, 0.4) is 0 Å². The summed E-state index contributed by atoms with van der Waals surface area (Å²) in [6.07, 6.45) is 5.58. The molecule has 0 bridgehead atoms. The molecule has 3 aromatic heterocycles. The van der Waals surface area contributed by atoms with Crippen LogP contribution in [0.15, 0.2) is 23.1 Å². The van der Waals surface area contributed by atoms with Crippen LogP contribution in [0, 0.1) is 24.7 Å². The molecule has 2 aliphatic carbocycles. The second kappa shape index (κ2) is 10.1. The molecule has 214 valence electrons. The highest BCUT2D eigenvalue weighted by molar-refractivity contribution is 5.93. The van der Waals surface area contributed by atoms with E-state index in [1.807, 2.05) is 11.0 Å². The van der Waals surface area contributed by atoms with E-state index in [1.165, 1.54) is 0 Å². The van der Waals surface area contributed by atoms with Gasteiger partial charge in [0.15, 0.2) is 11.3 Å². The monoisotopic (exact) mass is 556 g/mol. The van der Waals surface area contributed by atoms with Gasteiger partial charge in [-0.2, -0.15) is 5.10 Å². The number of aromatic nitrogens is 5. The Hall–Kier alpha value is -3.64. The fourth-order valence-electron chi connectivity index (χ4n) is 6.02. The second-order valence-electron chi connectivity index (χ2n) is 11.8. The lowest BCUT2D eigenvalue weighted by molar-refractivity contribution is -0.0495. The maximum Gasteiger partial charge on any atom is 0.318 e. The van der Waals surface area contributed by atoms with Crippen LogP contribution in [-0.2, 0) is 0 Å². The van der Waals surface area contributed by atoms with E-state index in [1.54, 1.807) is 23.8 Å². The zero-order valence-corrected chi connectivity index (χ0v) is 22.8. The molecule has 3 amide bonds. The fraction of sp³-hybridized carbons (Fsp3) is 0.630. The van der Waals surface area contributed by atoms with Gasteiger partial charge in [-0.1, -0.05) is 19.0 Å². The normalized spacial score (nSPS) is 23.0. The molecular weight excluding hydrogens is 522 g/mol. The standard InChI is InChI=1S/C27H34F2N8O3/c1-14(2)19-12-36(26(39)32-19)24(17-4-5-17)18-10-21-31-20(13-37(21)30-11-18)23(16-6-8-27(28,29)9-7-16)33-25(38)22-15(3)34-40-35-22/h10-11,13-14,16-17,19,23-24H,4-9,12H2,1-3H3,(H,32,39)(H,33,38)/t19-,23-,24?/m0/s1. The van der Waals surface area contributed by atoms with Crippen molar-refractivity contribution in [1.82, 2.24) is 40.4 Å². The first kappa shape index (κ1) is 26.6. The molecule has 40 heavy (non-hydrogen) atoms. The van der Waals surface area contributed by atoms with Crippen molar-refractivity contribution in [1.29, 1.82) is 0 Å². The van der Waals surface area contributed by atoms with Crippen molar-refractivity contribution in [2.75, 3.05) is 6.54 Å². The Morgan fingerprint density at radius 1 is 1.18 bits per heavy atom. The highest BCUT2D eigenvalue weighted by atomic mass is 19.3. The van der Waals surface area contributed by atoms with Crippen LogP contribution in [0.5, 0.6) is 0 Å². The Labute approximate surface area is 230 Å². The average molecular weight is 557 g/mol. The first-order chi connectivity index (χ1) is 19.1. The summed E-state index contributed by atoms with van der Waals surface area (Å²) in [6.45, 7) is 6.45. The van der Waals surface area contributed by atoms with E-state index < -0.39 is 17.9 Å². The van der Waals surface area contributed by atoms with Gasteiger partial charge >= 0.3 is 6.03 Å². The van der Waals surface area contributed by atoms with Crippen LogP contribution in [-0.4, -0.2) is 60.3 Å². The zero-order valence-electron chi connectivity index (χ0n) is 22.8. The molecule has 3 aliphatic rings. The predicted octanol–water partition coefficient (Wildman–Crippen LogP) is 4.22. The molecule has 3 atom stereocenters. The second-order valence-corrected chi connectivity index (χ2v) is 11.8. The van der Waals surface area contributed by atoms with Crippen LogP contribution in [0.1, 0.15) is 91.9 Å². The SMILES string of the molecule is Cc1nonc1C(=O)N[C@H](c1cn2ncc(C(C3CC3)N3C[C@@H](C(C)C)NC3=O)cc2n1)C1CCC(F)(F)CC1. The lowest BCUT2D eigenvalue weighted by Gasteiger charge is -2.33. The first-order valence-corrected chi connectivity index (χ1v) is 14.0. The Kier molecular flexibility index (Phi) is 6.70. The number of aryl methyl sites for hydroxylation is 1. The number of nitrogens with one attached hydrogen (secondary N) is 2. The number of carbonyl (C=O) groups is 2. The third-order valence-electron chi connectivity index (χ3n) is 8.58. The zero-order chi connectivity index (χ0) is 28.2. The summed E-state index contributed by atoms with van der Waals surface area (Å²) in [4.78, 5) is 32.7. The van der Waals surface area contributed by atoms with Crippen molar-refractivity contribution in [3.63, 3.8) is 0 Å². The van der Waals surface area contributed by atoms with Gasteiger partial charge in [-0.3, -0.25) is 4.79 Å². The van der Waals surface area contributed by atoms with Gasteiger partial charge in [0.25, 0.3) is 5.91 Å². The highest BCUT2D eigenvalue weighted by Gasteiger charge is 2.44. The van der Waals surface area contributed by atoms with E-state index in [4.69, 9.17) is 4.98 Å². The number of carbonyl (C=O) groups excluding carboxylic acids is 2. The Bertz CT molecular complexity index is 1410. The number of hydrogen-bond acceptors (Lipinski definition) is 7. The lowest BCUT2D eigenvalue weighted by Crippen LogP contribution is -2.37. The topological polar surface area (TPSA) is 131 Å². The van der Waals surface area contributed by atoms with Crippen molar-refractivity contribution in [3.8, 4) is 0 Å². The summed E-state index contributed by atoms with van der Waals surface area (Å²) in [6, 6.07) is 1.25. The largest absolute Gasteiger partial charge is 0.342 e. The molecule has 1 aliphatic heterocycles. The minimum atomic E-state index is -2.71. The maximum atomic E-state index is 14.0. The van der Waals surface area contributed by atoms with Crippen molar-refractivity contribution in [3.05, 3.63) is 41.1 Å². The summed E-state index contributed by atoms with van der Waals surface area (Å²) in [5.74, 6) is -2.76. The molecule has 13 heteroatoms. The van der Waals surface area contributed by atoms with E-state index >= 15 is 0 Å². The van der Waals surface area contributed by atoms with Crippen molar-refractivity contribution in [2.45, 2.75) is 83.3 Å².